The van der Waals surface area contributed by atoms with E-state index in [2.05, 4.69) is 20.5 Å². The summed E-state index contributed by atoms with van der Waals surface area (Å²) >= 11 is 6.21. The number of rotatable bonds is 5. The van der Waals surface area contributed by atoms with Crippen LogP contribution in [0, 0.1) is 6.92 Å². The van der Waals surface area contributed by atoms with Gasteiger partial charge in [0.1, 0.15) is 0 Å². The van der Waals surface area contributed by atoms with Crippen molar-refractivity contribution in [2.24, 2.45) is 0 Å². The van der Waals surface area contributed by atoms with Gasteiger partial charge in [-0.25, -0.2) is 0 Å². The third-order valence-corrected chi connectivity index (χ3v) is 7.10. The Hall–Kier alpha value is -2.61. The molecule has 1 aromatic carbocycles. The molecule has 174 valence electrons. The third-order valence-electron chi connectivity index (χ3n) is 6.87. The van der Waals surface area contributed by atoms with Crippen LogP contribution in [0.1, 0.15) is 58.6 Å². The van der Waals surface area contributed by atoms with Gasteiger partial charge in [-0.2, -0.15) is 0 Å². The number of amides is 2. The Labute approximate surface area is 198 Å². The van der Waals surface area contributed by atoms with Crippen molar-refractivity contribution in [2.45, 2.75) is 45.1 Å². The molecule has 0 spiro atoms. The molecular formula is C25H29ClN4O3. The van der Waals surface area contributed by atoms with E-state index in [1.165, 1.54) is 12.8 Å². The smallest absolute Gasteiger partial charge is 0.256 e. The highest BCUT2D eigenvalue weighted by Crippen LogP contribution is 2.43. The summed E-state index contributed by atoms with van der Waals surface area (Å²) in [5.74, 6) is -0.325. The maximum atomic E-state index is 13.1. The second-order valence-electron chi connectivity index (χ2n) is 9.20. The zero-order valence-corrected chi connectivity index (χ0v) is 19.5. The third kappa shape index (κ3) is 4.21. The van der Waals surface area contributed by atoms with Crippen LogP contribution in [-0.4, -0.2) is 59.1 Å². The van der Waals surface area contributed by atoms with Crippen molar-refractivity contribution in [1.82, 2.24) is 15.2 Å². The molecule has 4 N–H and O–H groups in total. The number of nitrogens with zero attached hydrogens (tertiary/aromatic N) is 1. The predicted octanol–water partition coefficient (Wildman–Crippen LogP) is 3.36. The molecule has 0 bridgehead atoms. The lowest BCUT2D eigenvalue weighted by molar-refractivity contribution is -0.110. The molecule has 0 radical (unpaired) electrons. The summed E-state index contributed by atoms with van der Waals surface area (Å²) in [5.41, 5.74) is 6.31. The SMILES string of the molecule is Cc1[nH]c2c(c1C(=O)NCC(O)CN1CCCC1)CCC/C2=C1/C(=O)Nc2ccc(Cl)cc21. The van der Waals surface area contributed by atoms with E-state index in [9.17, 15) is 14.7 Å². The number of aliphatic hydroxyl groups is 1. The number of likely N-dealkylation sites (tertiary alicyclic amines) is 1. The fraction of sp³-hybridized carbons (Fsp3) is 0.440. The molecule has 1 aromatic heterocycles. The van der Waals surface area contributed by atoms with E-state index in [-0.39, 0.29) is 18.4 Å². The number of aryl methyl sites for hydroxylation is 1. The molecular weight excluding hydrogens is 440 g/mol. The van der Waals surface area contributed by atoms with E-state index in [1.54, 1.807) is 6.07 Å². The number of carbonyl (C=O) groups is 2. The minimum absolute atomic E-state index is 0.140. The molecule has 8 heteroatoms. The molecule has 1 aliphatic carbocycles. The van der Waals surface area contributed by atoms with Gasteiger partial charge >= 0.3 is 0 Å². The van der Waals surface area contributed by atoms with Crippen LogP contribution >= 0.6 is 11.6 Å². The van der Waals surface area contributed by atoms with E-state index >= 15 is 0 Å². The summed E-state index contributed by atoms with van der Waals surface area (Å²) in [5, 5.41) is 16.8. The van der Waals surface area contributed by atoms with Gasteiger partial charge in [0.05, 0.1) is 17.2 Å². The number of β-amino-alcohol motifs (C(OH)–C–C–N with tert-alkyl or cyclic N) is 1. The number of aromatic nitrogens is 1. The number of hydrogen-bond donors (Lipinski definition) is 4. The lowest BCUT2D eigenvalue weighted by atomic mass is 9.86. The van der Waals surface area contributed by atoms with Crippen molar-refractivity contribution >= 4 is 40.2 Å². The molecule has 7 nitrogen and oxygen atoms in total. The average molecular weight is 469 g/mol. The van der Waals surface area contributed by atoms with Gasteiger partial charge in [-0.3, -0.25) is 9.59 Å². The van der Waals surface area contributed by atoms with Crippen molar-refractivity contribution in [3.05, 3.63) is 51.3 Å². The van der Waals surface area contributed by atoms with E-state index in [4.69, 9.17) is 11.6 Å². The minimum Gasteiger partial charge on any atom is -0.390 e. The number of fused-ring (bicyclic) bond motifs is 2. The maximum absolute atomic E-state index is 13.1. The number of carbonyl (C=O) groups excluding carboxylic acids is 2. The van der Waals surface area contributed by atoms with Crippen LogP contribution in [0.15, 0.2) is 18.2 Å². The van der Waals surface area contributed by atoms with Crippen molar-refractivity contribution in [3.63, 3.8) is 0 Å². The maximum Gasteiger partial charge on any atom is 0.256 e. The number of H-pyrrole nitrogens is 1. The fourth-order valence-corrected chi connectivity index (χ4v) is 5.55. The van der Waals surface area contributed by atoms with Crippen molar-refractivity contribution < 1.29 is 14.7 Å². The number of allylic oxidation sites excluding steroid dienone is 1. The standard InChI is InChI=1S/C25H29ClN4O3/c1-14-21(24(32)27-12-16(31)13-30-9-2-3-10-30)17-5-4-6-18(23(17)28-14)22-19-11-15(26)7-8-20(19)29-25(22)33/h7-8,11,16,28,31H,2-6,9-10,12-13H2,1H3,(H,27,32)(H,29,33)/b22-18-. The van der Waals surface area contributed by atoms with Crippen LogP contribution in [0.5, 0.6) is 0 Å². The average Bonchev–Trinajstić information content (AvgIpc) is 3.48. The Morgan fingerprint density at radius 3 is 2.82 bits per heavy atom. The van der Waals surface area contributed by atoms with Gasteiger partial charge in [0.2, 0.25) is 0 Å². The first-order valence-corrected chi connectivity index (χ1v) is 12.0. The zero-order valence-electron chi connectivity index (χ0n) is 18.8. The van der Waals surface area contributed by atoms with Gasteiger partial charge < -0.3 is 25.6 Å². The number of aliphatic hydroxyl groups excluding tert-OH is 1. The van der Waals surface area contributed by atoms with E-state index in [0.29, 0.717) is 22.7 Å². The Bertz CT molecular complexity index is 1150. The van der Waals surface area contributed by atoms with E-state index in [1.807, 2.05) is 19.1 Å². The Morgan fingerprint density at radius 1 is 1.24 bits per heavy atom. The summed E-state index contributed by atoms with van der Waals surface area (Å²) < 4.78 is 0. The van der Waals surface area contributed by atoms with Crippen LogP contribution in [0.3, 0.4) is 0 Å². The quantitative estimate of drug-likeness (QED) is 0.506. The Balaban J connectivity index is 1.41. The molecule has 0 saturated carbocycles. The largest absolute Gasteiger partial charge is 0.390 e. The number of halogens is 1. The molecule has 1 fully saturated rings. The van der Waals surface area contributed by atoms with Gasteiger partial charge in [-0.05, 0) is 81.5 Å². The number of nitrogens with one attached hydrogen (secondary N) is 3. The molecule has 1 atom stereocenters. The van der Waals surface area contributed by atoms with Gasteiger partial charge in [0, 0.05) is 40.8 Å². The molecule has 1 saturated heterocycles. The predicted molar refractivity (Wildman–Crippen MR) is 129 cm³/mol. The van der Waals surface area contributed by atoms with E-state index < -0.39 is 6.10 Å². The van der Waals surface area contributed by atoms with Crippen molar-refractivity contribution in [3.8, 4) is 0 Å². The first-order valence-electron chi connectivity index (χ1n) is 11.7. The molecule has 2 aliphatic heterocycles. The van der Waals surface area contributed by atoms with Crippen LogP contribution in [0.4, 0.5) is 5.69 Å². The first-order chi connectivity index (χ1) is 15.9. The highest BCUT2D eigenvalue weighted by atomic mass is 35.5. The summed E-state index contributed by atoms with van der Waals surface area (Å²) in [4.78, 5) is 31.6. The normalized spacial score (nSPS) is 21.0. The van der Waals surface area contributed by atoms with Crippen molar-refractivity contribution in [2.75, 3.05) is 31.5 Å². The number of aromatic amines is 1. The van der Waals surface area contributed by atoms with Crippen molar-refractivity contribution in [1.29, 1.82) is 0 Å². The molecule has 2 aromatic rings. The summed E-state index contributed by atoms with van der Waals surface area (Å²) in [6.07, 6.45) is 4.10. The second kappa shape index (κ2) is 8.97. The highest BCUT2D eigenvalue weighted by molar-refractivity contribution is 6.38. The van der Waals surface area contributed by atoms with Crippen LogP contribution < -0.4 is 10.6 Å². The Kier molecular flexibility index (Phi) is 6.03. The number of hydrogen-bond acceptors (Lipinski definition) is 4. The topological polar surface area (TPSA) is 97.5 Å². The van der Waals surface area contributed by atoms with Gasteiger partial charge in [0.15, 0.2) is 0 Å². The van der Waals surface area contributed by atoms with E-state index in [0.717, 1.165) is 66.1 Å². The second-order valence-corrected chi connectivity index (χ2v) is 9.64. The minimum atomic E-state index is -0.594. The molecule has 33 heavy (non-hydrogen) atoms. The summed E-state index contributed by atoms with van der Waals surface area (Å²) in [6.45, 7) is 4.70. The van der Waals surface area contributed by atoms with Gasteiger partial charge in [0.25, 0.3) is 11.8 Å². The van der Waals surface area contributed by atoms with Crippen LogP contribution in [0.25, 0.3) is 11.1 Å². The summed E-state index contributed by atoms with van der Waals surface area (Å²) in [7, 11) is 0. The number of anilines is 1. The van der Waals surface area contributed by atoms with Crippen LogP contribution in [0.2, 0.25) is 5.02 Å². The lowest BCUT2D eigenvalue weighted by Gasteiger charge is -2.20. The summed E-state index contributed by atoms with van der Waals surface area (Å²) in [6, 6.07) is 5.40. The fourth-order valence-electron chi connectivity index (χ4n) is 5.37. The molecule has 5 rings (SSSR count). The molecule has 3 heterocycles. The lowest BCUT2D eigenvalue weighted by Crippen LogP contribution is -2.39. The zero-order chi connectivity index (χ0) is 23.1. The highest BCUT2D eigenvalue weighted by Gasteiger charge is 2.33. The molecule has 1 unspecified atom stereocenters. The molecule has 3 aliphatic rings. The Morgan fingerprint density at radius 2 is 2.03 bits per heavy atom. The van der Waals surface area contributed by atoms with Crippen LogP contribution in [-0.2, 0) is 11.2 Å². The molecule has 2 amide bonds. The number of benzene rings is 1. The van der Waals surface area contributed by atoms with Gasteiger partial charge in [-0.1, -0.05) is 11.6 Å². The monoisotopic (exact) mass is 468 g/mol. The van der Waals surface area contributed by atoms with Gasteiger partial charge in [-0.15, -0.1) is 0 Å². The first kappa shape index (κ1) is 22.2.